The molecule has 1 aromatic carbocycles. The largest absolute Gasteiger partial charge is 0.491 e. The van der Waals surface area contributed by atoms with Crippen LogP contribution in [0.2, 0.25) is 0 Å². The van der Waals surface area contributed by atoms with Gasteiger partial charge in [-0.3, -0.25) is 0 Å². The van der Waals surface area contributed by atoms with Gasteiger partial charge in [0.2, 0.25) is 0 Å². The Bertz CT molecular complexity index is 434. The maximum Gasteiger partial charge on any atom is 0.167 e. The topological polar surface area (TPSA) is 56.5 Å². The summed E-state index contributed by atoms with van der Waals surface area (Å²) in [4.78, 5) is 0. The number of nitrogens with two attached hydrogens (primary N) is 1. The van der Waals surface area contributed by atoms with Gasteiger partial charge in [-0.05, 0) is 26.7 Å². The van der Waals surface area contributed by atoms with E-state index < -0.39 is 5.82 Å². The summed E-state index contributed by atoms with van der Waals surface area (Å²) in [5.41, 5.74) is 6.90. The molecule has 19 heavy (non-hydrogen) atoms. The highest BCUT2D eigenvalue weighted by Gasteiger charge is 2.23. The fourth-order valence-corrected chi connectivity index (χ4v) is 2.30. The second-order valence-corrected chi connectivity index (χ2v) is 4.79. The Morgan fingerprint density at radius 2 is 2.37 bits per heavy atom. The zero-order valence-corrected chi connectivity index (χ0v) is 11.4. The third-order valence-electron chi connectivity index (χ3n) is 3.31. The highest BCUT2D eigenvalue weighted by Crippen LogP contribution is 2.30. The minimum atomic E-state index is -0.435. The fourth-order valence-electron chi connectivity index (χ4n) is 2.30. The van der Waals surface area contributed by atoms with Gasteiger partial charge in [0, 0.05) is 24.8 Å². The van der Waals surface area contributed by atoms with Gasteiger partial charge in [0.05, 0.1) is 24.1 Å². The summed E-state index contributed by atoms with van der Waals surface area (Å²) in [6.07, 6.45) is 2.30. The van der Waals surface area contributed by atoms with Crippen LogP contribution in [0.1, 0.15) is 26.7 Å². The molecule has 0 amide bonds. The standard InChI is InChI=1S/C14H21FN2O2/c1-3-18-14-8-12(11(16)7-10(14)15)17-9(2)13-5-4-6-19-13/h7-9,13,17H,3-6,16H2,1-2H3. The summed E-state index contributed by atoms with van der Waals surface area (Å²) < 4.78 is 24.5. The van der Waals surface area contributed by atoms with Crippen molar-refractivity contribution < 1.29 is 13.9 Å². The van der Waals surface area contributed by atoms with E-state index in [4.69, 9.17) is 15.2 Å². The first-order chi connectivity index (χ1) is 9.11. The smallest absolute Gasteiger partial charge is 0.167 e. The van der Waals surface area contributed by atoms with Crippen LogP contribution < -0.4 is 15.8 Å². The Hall–Kier alpha value is -1.49. The van der Waals surface area contributed by atoms with Crippen molar-refractivity contribution in [2.24, 2.45) is 0 Å². The lowest BCUT2D eigenvalue weighted by molar-refractivity contribution is 0.0997. The predicted molar refractivity (Wildman–Crippen MR) is 74.0 cm³/mol. The van der Waals surface area contributed by atoms with E-state index in [1.807, 2.05) is 13.8 Å². The van der Waals surface area contributed by atoms with Gasteiger partial charge in [-0.1, -0.05) is 0 Å². The van der Waals surface area contributed by atoms with Crippen LogP contribution in [0.25, 0.3) is 0 Å². The van der Waals surface area contributed by atoms with Crippen LogP contribution in [-0.2, 0) is 4.74 Å². The fraction of sp³-hybridized carbons (Fsp3) is 0.571. The van der Waals surface area contributed by atoms with Crippen molar-refractivity contribution in [1.29, 1.82) is 0 Å². The van der Waals surface area contributed by atoms with Crippen molar-refractivity contribution in [3.8, 4) is 5.75 Å². The molecule has 1 aliphatic heterocycles. The first-order valence-electron chi connectivity index (χ1n) is 6.71. The molecule has 2 rings (SSSR count). The number of rotatable bonds is 5. The van der Waals surface area contributed by atoms with Crippen LogP contribution in [0.5, 0.6) is 5.75 Å². The van der Waals surface area contributed by atoms with E-state index in [2.05, 4.69) is 5.32 Å². The Kier molecular flexibility index (Phi) is 4.47. The third kappa shape index (κ3) is 3.29. The number of halogens is 1. The van der Waals surface area contributed by atoms with Gasteiger partial charge in [0.1, 0.15) is 0 Å². The average molecular weight is 268 g/mol. The zero-order chi connectivity index (χ0) is 13.8. The molecule has 0 aromatic heterocycles. The van der Waals surface area contributed by atoms with Crippen molar-refractivity contribution >= 4 is 11.4 Å². The molecule has 1 saturated heterocycles. The van der Waals surface area contributed by atoms with E-state index in [9.17, 15) is 4.39 Å². The molecule has 2 unspecified atom stereocenters. The summed E-state index contributed by atoms with van der Waals surface area (Å²) in [7, 11) is 0. The highest BCUT2D eigenvalue weighted by molar-refractivity contribution is 5.69. The molecule has 2 atom stereocenters. The Morgan fingerprint density at radius 1 is 1.58 bits per heavy atom. The van der Waals surface area contributed by atoms with Crippen LogP contribution in [0.3, 0.4) is 0 Å². The van der Waals surface area contributed by atoms with Crippen molar-refractivity contribution in [3.05, 3.63) is 17.9 Å². The molecule has 1 heterocycles. The molecule has 3 N–H and O–H groups in total. The Balaban J connectivity index is 2.12. The van der Waals surface area contributed by atoms with E-state index in [-0.39, 0.29) is 17.9 Å². The normalized spacial score (nSPS) is 20.3. The maximum atomic E-state index is 13.6. The number of benzene rings is 1. The SMILES string of the molecule is CCOc1cc(NC(C)C2CCCO2)c(N)cc1F. The lowest BCUT2D eigenvalue weighted by Crippen LogP contribution is -2.30. The maximum absolute atomic E-state index is 13.6. The second kappa shape index (κ2) is 6.10. The predicted octanol–water partition coefficient (Wildman–Crippen LogP) is 2.79. The number of ether oxygens (including phenoxy) is 2. The molecule has 1 aliphatic rings. The van der Waals surface area contributed by atoms with Crippen LogP contribution in [0, 0.1) is 5.82 Å². The van der Waals surface area contributed by atoms with Crippen LogP contribution in [0.15, 0.2) is 12.1 Å². The Morgan fingerprint density at radius 3 is 3.00 bits per heavy atom. The number of hydrogen-bond donors (Lipinski definition) is 2. The number of anilines is 2. The first-order valence-corrected chi connectivity index (χ1v) is 6.71. The zero-order valence-electron chi connectivity index (χ0n) is 11.4. The summed E-state index contributed by atoms with van der Waals surface area (Å²) >= 11 is 0. The van der Waals surface area contributed by atoms with Gasteiger partial charge in [-0.15, -0.1) is 0 Å². The quantitative estimate of drug-likeness (QED) is 0.806. The van der Waals surface area contributed by atoms with Gasteiger partial charge in [0.15, 0.2) is 11.6 Å². The van der Waals surface area contributed by atoms with E-state index in [1.165, 1.54) is 6.07 Å². The molecule has 106 valence electrons. The molecular formula is C14H21FN2O2. The molecule has 0 bridgehead atoms. The van der Waals surface area contributed by atoms with Gasteiger partial charge in [-0.2, -0.15) is 0 Å². The molecule has 5 heteroatoms. The summed E-state index contributed by atoms with van der Waals surface area (Å²) in [5.74, 6) is -0.214. The van der Waals surface area contributed by atoms with E-state index in [0.717, 1.165) is 19.4 Å². The highest BCUT2D eigenvalue weighted by atomic mass is 19.1. The molecule has 1 fully saturated rings. The van der Waals surface area contributed by atoms with Crippen molar-refractivity contribution in [2.45, 2.75) is 38.8 Å². The van der Waals surface area contributed by atoms with Crippen LogP contribution in [0.4, 0.5) is 15.8 Å². The molecular weight excluding hydrogens is 247 g/mol. The van der Waals surface area contributed by atoms with Crippen LogP contribution in [-0.4, -0.2) is 25.4 Å². The lowest BCUT2D eigenvalue weighted by Gasteiger charge is -2.22. The molecule has 0 saturated carbocycles. The van der Waals surface area contributed by atoms with Crippen molar-refractivity contribution in [1.82, 2.24) is 0 Å². The summed E-state index contributed by atoms with van der Waals surface area (Å²) in [6, 6.07) is 3.03. The molecule has 0 aliphatic carbocycles. The van der Waals surface area contributed by atoms with Gasteiger partial charge in [-0.25, -0.2) is 4.39 Å². The van der Waals surface area contributed by atoms with Crippen molar-refractivity contribution in [2.75, 3.05) is 24.3 Å². The summed E-state index contributed by atoms with van der Waals surface area (Å²) in [6.45, 7) is 5.08. The molecule has 1 aromatic rings. The monoisotopic (exact) mass is 268 g/mol. The van der Waals surface area contributed by atoms with Crippen LogP contribution >= 0.6 is 0 Å². The number of nitrogens with one attached hydrogen (secondary N) is 1. The number of hydrogen-bond acceptors (Lipinski definition) is 4. The molecule has 0 radical (unpaired) electrons. The van der Waals surface area contributed by atoms with E-state index >= 15 is 0 Å². The summed E-state index contributed by atoms with van der Waals surface area (Å²) in [5, 5.41) is 3.28. The minimum Gasteiger partial charge on any atom is -0.491 e. The second-order valence-electron chi connectivity index (χ2n) is 4.79. The first kappa shape index (κ1) is 13.9. The molecule has 4 nitrogen and oxygen atoms in total. The Labute approximate surface area is 113 Å². The average Bonchev–Trinajstić information content (AvgIpc) is 2.89. The molecule has 0 spiro atoms. The van der Waals surface area contributed by atoms with Crippen molar-refractivity contribution in [3.63, 3.8) is 0 Å². The van der Waals surface area contributed by atoms with Gasteiger partial charge >= 0.3 is 0 Å². The van der Waals surface area contributed by atoms with E-state index in [0.29, 0.717) is 18.0 Å². The van der Waals surface area contributed by atoms with E-state index in [1.54, 1.807) is 6.07 Å². The minimum absolute atomic E-state index is 0.129. The number of nitrogen functional groups attached to an aromatic ring is 1. The third-order valence-corrected chi connectivity index (χ3v) is 3.31. The van der Waals surface area contributed by atoms with Gasteiger partial charge in [0.25, 0.3) is 0 Å². The van der Waals surface area contributed by atoms with Gasteiger partial charge < -0.3 is 20.5 Å². The lowest BCUT2D eigenvalue weighted by atomic mass is 10.1.